The highest BCUT2D eigenvalue weighted by Gasteiger charge is 2.20. The molecular weight excluding hydrogens is 224 g/mol. The summed E-state index contributed by atoms with van der Waals surface area (Å²) in [5.74, 6) is -2.11. The van der Waals surface area contributed by atoms with Gasteiger partial charge in [0.1, 0.15) is 5.69 Å². The van der Waals surface area contributed by atoms with Crippen molar-refractivity contribution in [1.82, 2.24) is 4.98 Å². The largest absolute Gasteiger partial charge is 0.503 e. The Morgan fingerprint density at radius 1 is 1.62 bits per heavy atom. The third-order valence-electron chi connectivity index (χ3n) is 1.82. The normalized spacial score (nSPS) is 10.5. The van der Waals surface area contributed by atoms with Crippen LogP contribution in [0, 0.1) is 0 Å². The van der Waals surface area contributed by atoms with Gasteiger partial charge < -0.3 is 14.9 Å². The number of pyridine rings is 1. The number of carbonyl (C=O) groups is 1. The minimum absolute atomic E-state index is 0.235. The fourth-order valence-corrected chi connectivity index (χ4v) is 1.18. The van der Waals surface area contributed by atoms with E-state index < -0.39 is 30.3 Å². The van der Waals surface area contributed by atoms with Gasteiger partial charge in [-0.1, -0.05) is 0 Å². The number of nitrogens with zero attached hydrogens (tertiary/aromatic N) is 1. The summed E-state index contributed by atoms with van der Waals surface area (Å²) >= 11 is 0. The quantitative estimate of drug-likeness (QED) is 0.820. The number of aliphatic carboxylic acids is 1. The minimum Gasteiger partial charge on any atom is -0.503 e. The van der Waals surface area contributed by atoms with E-state index in [1.165, 1.54) is 0 Å². The average Bonchev–Trinajstić information content (AvgIpc) is 2.16. The lowest BCUT2D eigenvalue weighted by molar-refractivity contribution is -0.136. The maximum absolute atomic E-state index is 12.5. The van der Waals surface area contributed by atoms with Crippen LogP contribution in [-0.2, 0) is 11.2 Å². The molecule has 0 saturated carbocycles. The molecule has 0 aromatic carbocycles. The Morgan fingerprint density at radius 3 is 2.69 bits per heavy atom. The number of aromatic hydroxyl groups is 1. The van der Waals surface area contributed by atoms with E-state index in [1.807, 2.05) is 0 Å². The van der Waals surface area contributed by atoms with E-state index >= 15 is 0 Å². The zero-order chi connectivity index (χ0) is 12.3. The molecule has 1 heterocycles. The van der Waals surface area contributed by atoms with Gasteiger partial charge in [0.15, 0.2) is 5.75 Å². The molecule has 0 aliphatic rings. The van der Waals surface area contributed by atoms with Gasteiger partial charge in [0.05, 0.1) is 13.5 Å². The molecule has 0 saturated heterocycles. The molecule has 0 atom stereocenters. The van der Waals surface area contributed by atoms with Crippen LogP contribution in [0.2, 0.25) is 0 Å². The van der Waals surface area contributed by atoms with Crippen LogP contribution in [0.25, 0.3) is 0 Å². The molecule has 2 N–H and O–H groups in total. The first kappa shape index (κ1) is 12.2. The van der Waals surface area contributed by atoms with E-state index in [2.05, 4.69) is 9.72 Å². The van der Waals surface area contributed by atoms with E-state index in [-0.39, 0.29) is 11.4 Å². The lowest BCUT2D eigenvalue weighted by Crippen LogP contribution is -2.07. The Hall–Kier alpha value is -1.92. The molecule has 0 radical (unpaired) electrons. The van der Waals surface area contributed by atoms with E-state index in [4.69, 9.17) is 5.11 Å². The van der Waals surface area contributed by atoms with Crippen LogP contribution >= 0.6 is 0 Å². The van der Waals surface area contributed by atoms with E-state index in [0.717, 1.165) is 13.2 Å². The summed E-state index contributed by atoms with van der Waals surface area (Å²) in [7, 11) is 1.16. The SMILES string of the molecule is COc1nc(C(F)F)c(CC(=O)O)cc1O. The molecule has 88 valence electrons. The number of hydrogen-bond acceptors (Lipinski definition) is 4. The number of methoxy groups -OCH3 is 1. The molecule has 7 heteroatoms. The van der Waals surface area contributed by atoms with Gasteiger partial charge in [-0.3, -0.25) is 4.79 Å². The monoisotopic (exact) mass is 233 g/mol. The van der Waals surface area contributed by atoms with Crippen LogP contribution in [0.1, 0.15) is 17.7 Å². The van der Waals surface area contributed by atoms with Gasteiger partial charge in [-0.25, -0.2) is 13.8 Å². The Balaban J connectivity index is 3.24. The summed E-state index contributed by atoms with van der Waals surface area (Å²) in [6, 6.07) is 0.918. The van der Waals surface area contributed by atoms with Crippen molar-refractivity contribution in [1.29, 1.82) is 0 Å². The van der Waals surface area contributed by atoms with Crippen LogP contribution in [0.4, 0.5) is 8.78 Å². The van der Waals surface area contributed by atoms with E-state index in [1.54, 1.807) is 0 Å². The molecule has 0 bridgehead atoms. The van der Waals surface area contributed by atoms with Crippen LogP contribution < -0.4 is 4.74 Å². The van der Waals surface area contributed by atoms with Gasteiger partial charge in [0, 0.05) is 0 Å². The van der Waals surface area contributed by atoms with Gasteiger partial charge in [0.25, 0.3) is 12.3 Å². The van der Waals surface area contributed by atoms with Crippen LogP contribution in [0.3, 0.4) is 0 Å². The molecule has 0 aliphatic heterocycles. The van der Waals surface area contributed by atoms with Crippen molar-refractivity contribution in [2.75, 3.05) is 7.11 Å². The highest BCUT2D eigenvalue weighted by molar-refractivity contribution is 5.71. The summed E-state index contributed by atoms with van der Waals surface area (Å²) in [6.45, 7) is 0. The fourth-order valence-electron chi connectivity index (χ4n) is 1.18. The van der Waals surface area contributed by atoms with Crippen LogP contribution in [0.5, 0.6) is 11.6 Å². The van der Waals surface area contributed by atoms with Crippen molar-refractivity contribution < 1.29 is 28.5 Å². The second-order valence-electron chi connectivity index (χ2n) is 2.93. The van der Waals surface area contributed by atoms with Crippen molar-refractivity contribution >= 4 is 5.97 Å². The third-order valence-corrected chi connectivity index (χ3v) is 1.82. The number of alkyl halides is 2. The predicted molar refractivity (Wildman–Crippen MR) is 48.8 cm³/mol. The van der Waals surface area contributed by atoms with Crippen molar-refractivity contribution in [3.05, 3.63) is 17.3 Å². The van der Waals surface area contributed by atoms with Gasteiger partial charge in [-0.05, 0) is 11.6 Å². The molecule has 0 unspecified atom stereocenters. The zero-order valence-corrected chi connectivity index (χ0v) is 8.28. The van der Waals surface area contributed by atoms with E-state index in [9.17, 15) is 18.7 Å². The molecule has 0 amide bonds. The number of aromatic nitrogens is 1. The highest BCUT2D eigenvalue weighted by Crippen LogP contribution is 2.30. The zero-order valence-electron chi connectivity index (χ0n) is 8.28. The Kier molecular flexibility index (Phi) is 3.60. The van der Waals surface area contributed by atoms with Crippen molar-refractivity contribution in [3.63, 3.8) is 0 Å². The van der Waals surface area contributed by atoms with Crippen LogP contribution in [0.15, 0.2) is 6.07 Å². The number of rotatable bonds is 4. The average molecular weight is 233 g/mol. The lowest BCUT2D eigenvalue weighted by Gasteiger charge is -2.09. The second-order valence-corrected chi connectivity index (χ2v) is 2.93. The minimum atomic E-state index is -2.93. The summed E-state index contributed by atoms with van der Waals surface area (Å²) in [5, 5.41) is 17.8. The molecule has 1 aromatic heterocycles. The second kappa shape index (κ2) is 4.73. The fraction of sp³-hybridized carbons (Fsp3) is 0.333. The standard InChI is InChI=1S/C9H9F2NO4/c1-16-9-5(13)2-4(3-6(14)15)7(12-9)8(10)11/h2,8,13H,3H2,1H3,(H,14,15). The predicted octanol–water partition coefficient (Wildman–Crippen LogP) is 1.36. The molecule has 1 rings (SSSR count). The number of carboxylic acids is 1. The lowest BCUT2D eigenvalue weighted by atomic mass is 10.1. The van der Waals surface area contributed by atoms with Crippen molar-refractivity contribution in [2.45, 2.75) is 12.8 Å². The summed E-state index contributed by atoms with van der Waals surface area (Å²) in [4.78, 5) is 13.8. The maximum atomic E-state index is 12.5. The molecular formula is C9H9F2NO4. The topological polar surface area (TPSA) is 79.7 Å². The van der Waals surface area contributed by atoms with Crippen molar-refractivity contribution in [2.24, 2.45) is 0 Å². The Morgan fingerprint density at radius 2 is 2.25 bits per heavy atom. The number of hydrogen-bond donors (Lipinski definition) is 2. The summed E-state index contributed by atoms with van der Waals surface area (Å²) in [6.07, 6.45) is -3.56. The van der Waals surface area contributed by atoms with Gasteiger partial charge in [0.2, 0.25) is 0 Å². The number of ether oxygens (including phenoxy) is 1. The molecule has 0 aliphatic carbocycles. The third kappa shape index (κ3) is 2.56. The molecule has 16 heavy (non-hydrogen) atoms. The smallest absolute Gasteiger partial charge is 0.307 e. The summed E-state index contributed by atoms with van der Waals surface area (Å²) in [5.41, 5.74) is -0.933. The first-order chi connectivity index (χ1) is 7.45. The van der Waals surface area contributed by atoms with Crippen LogP contribution in [-0.4, -0.2) is 28.3 Å². The van der Waals surface area contributed by atoms with Gasteiger partial charge in [-0.2, -0.15) is 0 Å². The Labute approximate surface area is 89.3 Å². The van der Waals surface area contributed by atoms with Gasteiger partial charge in [-0.15, -0.1) is 0 Å². The van der Waals surface area contributed by atoms with Crippen molar-refractivity contribution in [3.8, 4) is 11.6 Å². The number of carboxylic acid groups (broad SMARTS) is 1. The Bertz CT molecular complexity index is 409. The number of halogens is 2. The molecule has 1 aromatic rings. The maximum Gasteiger partial charge on any atom is 0.307 e. The first-order valence-corrected chi connectivity index (χ1v) is 4.22. The van der Waals surface area contributed by atoms with Gasteiger partial charge >= 0.3 is 5.97 Å². The highest BCUT2D eigenvalue weighted by atomic mass is 19.3. The van der Waals surface area contributed by atoms with E-state index in [0.29, 0.717) is 0 Å². The molecule has 0 fully saturated rings. The first-order valence-electron chi connectivity index (χ1n) is 4.22. The molecule has 5 nitrogen and oxygen atoms in total. The molecule has 0 spiro atoms. The summed E-state index contributed by atoms with van der Waals surface area (Å²) < 4.78 is 29.6.